The van der Waals surface area contributed by atoms with Crippen LogP contribution in [0.1, 0.15) is 22.8 Å². The molecule has 0 radical (unpaired) electrons. The maximum Gasteiger partial charge on any atom is 0.251 e. The lowest BCUT2D eigenvalue weighted by Gasteiger charge is -2.11. The van der Waals surface area contributed by atoms with Crippen LogP contribution in [0.15, 0.2) is 24.3 Å². The minimum absolute atomic E-state index is 0.0113. The second kappa shape index (κ2) is 7.35. The first-order valence-electron chi connectivity index (χ1n) is 5.70. The Morgan fingerprint density at radius 1 is 1.35 bits per heavy atom. The summed E-state index contributed by atoms with van der Waals surface area (Å²) >= 11 is 1.78. The van der Waals surface area contributed by atoms with Crippen molar-refractivity contribution in [2.45, 2.75) is 18.7 Å². The highest BCUT2D eigenvalue weighted by Crippen LogP contribution is 2.10. The molecule has 1 amide bonds. The standard InChI is InChI=1S/C13H20N2OS/c1-10(14-2)8-15-13(16)12-6-4-11(5-7-12)9-17-3/h4-7,10,14H,8-9H2,1-3H3,(H,15,16). The topological polar surface area (TPSA) is 41.1 Å². The van der Waals surface area contributed by atoms with Crippen LogP contribution in [0.2, 0.25) is 0 Å². The molecule has 0 spiro atoms. The number of carbonyl (C=O) groups excluding carboxylic acids is 1. The molecule has 0 aliphatic carbocycles. The molecule has 1 unspecified atom stereocenters. The van der Waals surface area contributed by atoms with Crippen LogP contribution in [0.25, 0.3) is 0 Å². The molecule has 2 N–H and O–H groups in total. The summed E-state index contributed by atoms with van der Waals surface area (Å²) in [6.45, 7) is 2.67. The van der Waals surface area contributed by atoms with Crippen molar-refractivity contribution in [2.75, 3.05) is 19.8 Å². The molecular formula is C13H20N2OS. The van der Waals surface area contributed by atoms with Crippen molar-refractivity contribution < 1.29 is 4.79 Å². The van der Waals surface area contributed by atoms with Crippen LogP contribution in [0, 0.1) is 0 Å². The molecule has 0 heterocycles. The lowest BCUT2D eigenvalue weighted by molar-refractivity contribution is 0.0950. The Morgan fingerprint density at radius 3 is 2.53 bits per heavy atom. The minimum Gasteiger partial charge on any atom is -0.350 e. The average Bonchev–Trinajstić information content (AvgIpc) is 2.36. The first-order chi connectivity index (χ1) is 8.17. The molecule has 1 aromatic carbocycles. The van der Waals surface area contributed by atoms with Crippen LogP contribution in [-0.2, 0) is 5.75 Å². The molecule has 4 heteroatoms. The quantitative estimate of drug-likeness (QED) is 0.812. The second-order valence-corrected chi connectivity index (χ2v) is 4.90. The number of nitrogens with one attached hydrogen (secondary N) is 2. The van der Waals surface area contributed by atoms with E-state index in [4.69, 9.17) is 0 Å². The summed E-state index contributed by atoms with van der Waals surface area (Å²) in [6.07, 6.45) is 2.07. The Morgan fingerprint density at radius 2 is 2.00 bits per heavy atom. The van der Waals surface area contributed by atoms with E-state index >= 15 is 0 Å². The highest BCUT2D eigenvalue weighted by Gasteiger charge is 2.06. The maximum absolute atomic E-state index is 11.8. The van der Waals surface area contributed by atoms with Crippen molar-refractivity contribution in [1.29, 1.82) is 0 Å². The Hall–Kier alpha value is -1.00. The van der Waals surface area contributed by atoms with Gasteiger partial charge in [-0.25, -0.2) is 0 Å². The normalized spacial score (nSPS) is 12.2. The van der Waals surface area contributed by atoms with Crippen molar-refractivity contribution in [3.63, 3.8) is 0 Å². The Labute approximate surface area is 107 Å². The summed E-state index contributed by atoms with van der Waals surface area (Å²) in [5.41, 5.74) is 1.97. The molecular weight excluding hydrogens is 232 g/mol. The zero-order valence-electron chi connectivity index (χ0n) is 10.6. The SMILES string of the molecule is CNC(C)CNC(=O)c1ccc(CSC)cc1. The van der Waals surface area contributed by atoms with Crippen LogP contribution in [0.4, 0.5) is 0 Å². The Balaban J connectivity index is 2.51. The van der Waals surface area contributed by atoms with Crippen molar-refractivity contribution >= 4 is 17.7 Å². The fourth-order valence-electron chi connectivity index (χ4n) is 1.37. The highest BCUT2D eigenvalue weighted by molar-refractivity contribution is 7.97. The number of rotatable bonds is 6. The van der Waals surface area contributed by atoms with Gasteiger partial charge < -0.3 is 10.6 Å². The number of carbonyl (C=O) groups is 1. The number of hydrogen-bond donors (Lipinski definition) is 2. The molecule has 0 saturated carbocycles. The second-order valence-electron chi connectivity index (χ2n) is 4.03. The lowest BCUT2D eigenvalue weighted by atomic mass is 10.1. The van der Waals surface area contributed by atoms with E-state index in [9.17, 15) is 4.79 Å². The third-order valence-electron chi connectivity index (χ3n) is 2.59. The molecule has 0 aliphatic rings. The van der Waals surface area contributed by atoms with E-state index in [0.717, 1.165) is 11.3 Å². The zero-order chi connectivity index (χ0) is 12.7. The largest absolute Gasteiger partial charge is 0.350 e. The highest BCUT2D eigenvalue weighted by atomic mass is 32.2. The van der Waals surface area contributed by atoms with Gasteiger partial charge in [-0.1, -0.05) is 12.1 Å². The monoisotopic (exact) mass is 252 g/mol. The molecule has 0 aromatic heterocycles. The van der Waals surface area contributed by atoms with E-state index in [1.165, 1.54) is 5.56 Å². The molecule has 1 atom stereocenters. The fraction of sp³-hybridized carbons (Fsp3) is 0.462. The summed E-state index contributed by atoms with van der Waals surface area (Å²) < 4.78 is 0. The fourth-order valence-corrected chi connectivity index (χ4v) is 1.89. The summed E-state index contributed by atoms with van der Waals surface area (Å²) in [5.74, 6) is 0.974. The third-order valence-corrected chi connectivity index (χ3v) is 3.21. The van der Waals surface area contributed by atoms with Gasteiger partial charge in [-0.2, -0.15) is 11.8 Å². The van der Waals surface area contributed by atoms with Gasteiger partial charge in [0.05, 0.1) is 0 Å². The van der Waals surface area contributed by atoms with Crippen LogP contribution in [-0.4, -0.2) is 31.8 Å². The first kappa shape index (κ1) is 14.1. The van der Waals surface area contributed by atoms with Gasteiger partial charge in [0, 0.05) is 23.9 Å². The maximum atomic E-state index is 11.8. The van der Waals surface area contributed by atoms with Gasteiger partial charge in [0.1, 0.15) is 0 Å². The number of hydrogen-bond acceptors (Lipinski definition) is 3. The minimum atomic E-state index is -0.0113. The average molecular weight is 252 g/mol. The van der Waals surface area contributed by atoms with Gasteiger partial charge in [0.15, 0.2) is 0 Å². The lowest BCUT2D eigenvalue weighted by Crippen LogP contribution is -2.37. The van der Waals surface area contributed by atoms with Crippen molar-refractivity contribution in [2.24, 2.45) is 0 Å². The van der Waals surface area contributed by atoms with E-state index in [-0.39, 0.29) is 11.9 Å². The molecule has 94 valence electrons. The van der Waals surface area contributed by atoms with E-state index in [2.05, 4.69) is 16.9 Å². The van der Waals surface area contributed by atoms with Crippen molar-refractivity contribution in [1.82, 2.24) is 10.6 Å². The summed E-state index contributed by atoms with van der Waals surface area (Å²) in [7, 11) is 1.88. The first-order valence-corrected chi connectivity index (χ1v) is 7.10. The van der Waals surface area contributed by atoms with E-state index in [1.54, 1.807) is 11.8 Å². The molecule has 1 rings (SSSR count). The van der Waals surface area contributed by atoms with Crippen LogP contribution < -0.4 is 10.6 Å². The van der Waals surface area contributed by atoms with E-state index in [0.29, 0.717) is 6.54 Å². The van der Waals surface area contributed by atoms with E-state index in [1.807, 2.05) is 38.2 Å². The number of likely N-dealkylation sites (N-methyl/N-ethyl adjacent to an activating group) is 1. The Bertz CT molecular complexity index is 351. The number of amides is 1. The van der Waals surface area contributed by atoms with Crippen LogP contribution >= 0.6 is 11.8 Å². The molecule has 0 fully saturated rings. The molecule has 1 aromatic rings. The molecule has 3 nitrogen and oxygen atoms in total. The zero-order valence-corrected chi connectivity index (χ0v) is 11.4. The Kier molecular flexibility index (Phi) is 6.08. The van der Waals surface area contributed by atoms with Gasteiger partial charge >= 0.3 is 0 Å². The summed E-state index contributed by atoms with van der Waals surface area (Å²) in [4.78, 5) is 11.8. The van der Waals surface area contributed by atoms with Crippen molar-refractivity contribution in [3.8, 4) is 0 Å². The number of benzene rings is 1. The molecule has 0 saturated heterocycles. The van der Waals surface area contributed by atoms with Gasteiger partial charge in [-0.3, -0.25) is 4.79 Å². The molecule has 0 aliphatic heterocycles. The van der Waals surface area contributed by atoms with E-state index < -0.39 is 0 Å². The molecule has 0 bridgehead atoms. The molecule has 17 heavy (non-hydrogen) atoms. The van der Waals surface area contributed by atoms with Gasteiger partial charge in [-0.15, -0.1) is 0 Å². The smallest absolute Gasteiger partial charge is 0.251 e. The van der Waals surface area contributed by atoms with Gasteiger partial charge in [0.2, 0.25) is 0 Å². The predicted octanol–water partition coefficient (Wildman–Crippen LogP) is 1.89. The summed E-state index contributed by atoms with van der Waals surface area (Å²) in [5, 5.41) is 5.97. The van der Waals surface area contributed by atoms with Crippen LogP contribution in [0.5, 0.6) is 0 Å². The third kappa shape index (κ3) is 4.79. The van der Waals surface area contributed by atoms with Crippen molar-refractivity contribution in [3.05, 3.63) is 35.4 Å². The van der Waals surface area contributed by atoms with Gasteiger partial charge in [-0.05, 0) is 37.9 Å². The summed E-state index contributed by atoms with van der Waals surface area (Å²) in [6, 6.07) is 8.06. The predicted molar refractivity (Wildman–Crippen MR) is 74.5 cm³/mol. The van der Waals surface area contributed by atoms with Crippen LogP contribution in [0.3, 0.4) is 0 Å². The van der Waals surface area contributed by atoms with Gasteiger partial charge in [0.25, 0.3) is 5.91 Å². The number of thioether (sulfide) groups is 1.